The molecule has 11 heteroatoms. The van der Waals surface area contributed by atoms with Gasteiger partial charge in [0.1, 0.15) is 6.07 Å². The van der Waals surface area contributed by atoms with E-state index in [4.69, 9.17) is 0 Å². The lowest BCUT2D eigenvalue weighted by Gasteiger charge is -2.20. The molecule has 8 aromatic carbocycles. The van der Waals surface area contributed by atoms with E-state index in [0.717, 1.165) is 33.7 Å². The number of halogens is 3. The van der Waals surface area contributed by atoms with Crippen molar-refractivity contribution in [2.24, 2.45) is 0 Å². The molecule has 0 N–H and O–H groups in total. The van der Waals surface area contributed by atoms with Crippen molar-refractivity contribution < 1.29 is 13.2 Å². The first-order valence-corrected chi connectivity index (χ1v) is 20.2. The highest BCUT2D eigenvalue weighted by Gasteiger charge is 2.32. The third-order valence-corrected chi connectivity index (χ3v) is 11.9. The number of hydrogen-bond acceptors (Lipinski definition) is 6. The van der Waals surface area contributed by atoms with Crippen molar-refractivity contribution in [2.75, 3.05) is 0 Å². The SMILES string of the molecule is N#Cc1cc(-c2cc(-n3c4ccccc4c4cc(-c5ccc(C#N)cc5C#N)ccc43)c(C#N)cc2-n2c3ccccc3c3cc(-c4ccc(C#N)cc4C#N)ccc32)cc(C(F)(F)F)c1. The van der Waals surface area contributed by atoms with Gasteiger partial charge in [0.15, 0.2) is 0 Å². The van der Waals surface area contributed by atoms with Gasteiger partial charge in [-0.1, -0.05) is 60.7 Å². The maximum Gasteiger partial charge on any atom is 0.416 e. The van der Waals surface area contributed by atoms with Crippen LogP contribution in [-0.4, -0.2) is 9.13 Å². The summed E-state index contributed by atoms with van der Waals surface area (Å²) in [6, 6.07) is 55.5. The number of aromatic nitrogens is 2. The molecule has 0 aliphatic heterocycles. The lowest BCUT2D eigenvalue weighted by Crippen LogP contribution is -2.07. The Kier molecular flexibility index (Phi) is 9.41. The number of benzene rings is 8. The zero-order chi connectivity index (χ0) is 45.9. The molecular weight excluding hydrogens is 830 g/mol. The van der Waals surface area contributed by atoms with Crippen LogP contribution in [0.5, 0.6) is 0 Å². The molecule has 306 valence electrons. The molecule has 0 unspecified atom stereocenters. The molecule has 0 atom stereocenters. The van der Waals surface area contributed by atoms with E-state index in [0.29, 0.717) is 83.5 Å². The summed E-state index contributed by atoms with van der Waals surface area (Å²) in [5.41, 5.74) is 6.81. The largest absolute Gasteiger partial charge is 0.416 e. The zero-order valence-electron chi connectivity index (χ0n) is 34.1. The fraction of sp³-hybridized carbons (Fsp3) is 0.0182. The fourth-order valence-electron chi connectivity index (χ4n) is 8.99. The van der Waals surface area contributed by atoms with Gasteiger partial charge in [-0.3, -0.25) is 0 Å². The Bertz CT molecular complexity index is 4020. The highest BCUT2D eigenvalue weighted by atomic mass is 19.4. The maximum absolute atomic E-state index is 14.6. The highest BCUT2D eigenvalue weighted by molar-refractivity contribution is 6.12. The molecule has 2 aromatic heterocycles. The lowest BCUT2D eigenvalue weighted by molar-refractivity contribution is -0.137. The van der Waals surface area contributed by atoms with Crippen molar-refractivity contribution in [3.8, 4) is 81.2 Å². The standard InChI is InChI=1S/C55H25F3N8/c56-55(57,58)41-20-34(28-61)19-37(21-41)46-25-53(65-49-7-3-1-5-44(49)47-22-35(11-15-51(47)65)42-13-9-32(26-59)17-38(42)29-62)40(31-64)24-54(46)66-50-8-4-2-6-45(50)48-23-36(12-16-52(48)66)43-14-10-33(27-60)18-39(43)30-63/h1-25H. The van der Waals surface area contributed by atoms with Crippen molar-refractivity contribution in [1.29, 1.82) is 31.6 Å². The summed E-state index contributed by atoms with van der Waals surface area (Å²) in [7, 11) is 0. The van der Waals surface area contributed by atoms with E-state index in [-0.39, 0.29) is 16.7 Å². The molecule has 0 aliphatic rings. The summed E-state index contributed by atoms with van der Waals surface area (Å²) in [6.07, 6.45) is -4.79. The van der Waals surface area contributed by atoms with Gasteiger partial charge in [0.25, 0.3) is 0 Å². The monoisotopic (exact) mass is 854 g/mol. The number of hydrogen-bond donors (Lipinski definition) is 0. The molecule has 0 spiro atoms. The van der Waals surface area contributed by atoms with E-state index in [1.807, 2.05) is 100 Å². The Labute approximate surface area is 374 Å². The van der Waals surface area contributed by atoms with Crippen molar-refractivity contribution in [3.05, 3.63) is 191 Å². The predicted octanol–water partition coefficient (Wildman–Crippen LogP) is 13.1. The summed E-state index contributed by atoms with van der Waals surface area (Å²) < 4.78 is 47.7. The Morgan fingerprint density at radius 1 is 0.348 bits per heavy atom. The molecule has 0 saturated heterocycles. The van der Waals surface area contributed by atoms with Crippen molar-refractivity contribution in [2.45, 2.75) is 6.18 Å². The lowest BCUT2D eigenvalue weighted by atomic mass is 9.95. The second kappa shape index (κ2) is 15.5. The van der Waals surface area contributed by atoms with Crippen LogP contribution in [0.15, 0.2) is 152 Å². The molecule has 10 aromatic rings. The Morgan fingerprint density at radius 3 is 1.32 bits per heavy atom. The molecule has 0 saturated carbocycles. The molecule has 8 nitrogen and oxygen atoms in total. The number of rotatable bonds is 5. The van der Waals surface area contributed by atoms with Gasteiger partial charge in [-0.2, -0.15) is 44.7 Å². The second-order valence-corrected chi connectivity index (χ2v) is 15.5. The number of para-hydroxylation sites is 2. The van der Waals surface area contributed by atoms with Gasteiger partial charge in [0, 0.05) is 27.1 Å². The van der Waals surface area contributed by atoms with E-state index >= 15 is 0 Å². The van der Waals surface area contributed by atoms with Crippen LogP contribution in [0.3, 0.4) is 0 Å². The smallest absolute Gasteiger partial charge is 0.309 e. The van der Waals surface area contributed by atoms with E-state index in [2.05, 4.69) is 30.3 Å². The molecule has 0 amide bonds. The van der Waals surface area contributed by atoms with Crippen LogP contribution >= 0.6 is 0 Å². The summed E-state index contributed by atoms with van der Waals surface area (Å²) in [6.45, 7) is 0. The van der Waals surface area contributed by atoms with Gasteiger partial charge in [-0.15, -0.1) is 0 Å². The maximum atomic E-state index is 14.6. The van der Waals surface area contributed by atoms with Crippen LogP contribution in [0.4, 0.5) is 13.2 Å². The average Bonchev–Trinajstić information content (AvgIpc) is 3.87. The molecular formula is C55H25F3N8. The minimum Gasteiger partial charge on any atom is -0.309 e. The van der Waals surface area contributed by atoms with Gasteiger partial charge >= 0.3 is 6.18 Å². The van der Waals surface area contributed by atoms with Gasteiger partial charge in [0.2, 0.25) is 0 Å². The van der Waals surface area contributed by atoms with Crippen LogP contribution in [0.2, 0.25) is 0 Å². The normalized spacial score (nSPS) is 11.2. The van der Waals surface area contributed by atoms with E-state index in [1.165, 1.54) is 18.2 Å². The predicted molar refractivity (Wildman–Crippen MR) is 245 cm³/mol. The van der Waals surface area contributed by atoms with Crippen LogP contribution < -0.4 is 0 Å². The summed E-state index contributed by atoms with van der Waals surface area (Å²) in [4.78, 5) is 0. The number of nitrogens with zero attached hydrogens (tertiary/aromatic N) is 8. The summed E-state index contributed by atoms with van der Waals surface area (Å²) in [5.74, 6) is 0. The van der Waals surface area contributed by atoms with Gasteiger partial charge < -0.3 is 9.13 Å². The van der Waals surface area contributed by atoms with Gasteiger partial charge in [0.05, 0.1) is 103 Å². The minimum atomic E-state index is -4.79. The zero-order valence-corrected chi connectivity index (χ0v) is 34.1. The first-order valence-electron chi connectivity index (χ1n) is 20.2. The molecule has 10 rings (SSSR count). The van der Waals surface area contributed by atoms with Crippen molar-refractivity contribution >= 4 is 43.6 Å². The second-order valence-electron chi connectivity index (χ2n) is 15.5. The first kappa shape index (κ1) is 40.2. The average molecular weight is 855 g/mol. The number of fused-ring (bicyclic) bond motifs is 6. The molecule has 0 radical (unpaired) electrons. The van der Waals surface area contributed by atoms with Crippen LogP contribution in [0.1, 0.15) is 38.9 Å². The van der Waals surface area contributed by atoms with E-state index in [1.54, 1.807) is 36.4 Å². The molecule has 0 aliphatic carbocycles. The van der Waals surface area contributed by atoms with Crippen LogP contribution in [0, 0.1) is 68.0 Å². The third kappa shape index (κ3) is 6.42. The summed E-state index contributed by atoms with van der Waals surface area (Å²) in [5, 5.41) is 63.3. The minimum absolute atomic E-state index is 0.0915. The Hall–Kier alpha value is -9.91. The highest BCUT2D eigenvalue weighted by Crippen LogP contribution is 2.44. The van der Waals surface area contributed by atoms with E-state index < -0.39 is 11.7 Å². The molecule has 0 fully saturated rings. The van der Waals surface area contributed by atoms with Crippen LogP contribution in [0.25, 0.3) is 88.4 Å². The molecule has 0 bridgehead atoms. The quantitative estimate of drug-likeness (QED) is 0.168. The third-order valence-electron chi connectivity index (χ3n) is 11.9. The van der Waals surface area contributed by atoms with Crippen molar-refractivity contribution in [3.63, 3.8) is 0 Å². The van der Waals surface area contributed by atoms with E-state index in [9.17, 15) is 44.7 Å². The number of nitriles is 6. The fourth-order valence-corrected chi connectivity index (χ4v) is 8.99. The Balaban J connectivity index is 1.28. The summed E-state index contributed by atoms with van der Waals surface area (Å²) >= 11 is 0. The molecule has 2 heterocycles. The van der Waals surface area contributed by atoms with Gasteiger partial charge in [-0.25, -0.2) is 0 Å². The Morgan fingerprint density at radius 2 is 0.833 bits per heavy atom. The topological polar surface area (TPSA) is 153 Å². The molecule has 66 heavy (non-hydrogen) atoms. The van der Waals surface area contributed by atoms with Crippen LogP contribution in [-0.2, 0) is 6.18 Å². The number of alkyl halides is 3. The van der Waals surface area contributed by atoms with Gasteiger partial charge in [-0.05, 0) is 119 Å². The van der Waals surface area contributed by atoms with Crippen molar-refractivity contribution in [1.82, 2.24) is 9.13 Å². The first-order chi connectivity index (χ1) is 32.1.